The highest BCUT2D eigenvalue weighted by atomic mass is 16.7. The molecule has 0 spiro atoms. The summed E-state index contributed by atoms with van der Waals surface area (Å²) in [6.45, 7) is 2.86. The topological polar surface area (TPSA) is 29.5 Å². The van der Waals surface area contributed by atoms with Gasteiger partial charge in [-0.3, -0.25) is 9.63 Å². The second-order valence-electron chi connectivity index (χ2n) is 2.60. The van der Waals surface area contributed by atoms with Crippen LogP contribution in [-0.4, -0.2) is 18.0 Å². The smallest absolute Gasteiger partial charge is 0.233 e. The maximum atomic E-state index is 10.4. The van der Waals surface area contributed by atoms with Crippen molar-refractivity contribution in [2.45, 2.75) is 13.5 Å². The predicted molar refractivity (Wildman–Crippen MR) is 49.7 cm³/mol. The maximum Gasteiger partial charge on any atom is 0.233 e. The Labute approximate surface area is 77.9 Å². The van der Waals surface area contributed by atoms with Crippen LogP contribution in [-0.2, 0) is 16.2 Å². The Bertz CT molecular complexity index is 248. The number of amides is 1. The number of nitrogens with zero attached hydrogens (tertiary/aromatic N) is 1. The second-order valence-corrected chi connectivity index (χ2v) is 2.60. The molecule has 0 fully saturated rings. The van der Waals surface area contributed by atoms with Gasteiger partial charge in [0.25, 0.3) is 0 Å². The van der Waals surface area contributed by atoms with Crippen LogP contribution in [0.15, 0.2) is 30.3 Å². The van der Waals surface area contributed by atoms with Gasteiger partial charge in [-0.2, -0.15) is 0 Å². The SMILES string of the molecule is CCN(C=O)OCc1ccccc1. The van der Waals surface area contributed by atoms with Gasteiger partial charge in [0.05, 0.1) is 0 Å². The van der Waals surface area contributed by atoms with E-state index in [1.165, 1.54) is 5.06 Å². The molecular weight excluding hydrogens is 166 g/mol. The first-order valence-electron chi connectivity index (χ1n) is 4.25. The Balaban J connectivity index is 2.38. The van der Waals surface area contributed by atoms with Gasteiger partial charge in [0.1, 0.15) is 6.61 Å². The predicted octanol–water partition coefficient (Wildman–Crippen LogP) is 1.60. The summed E-state index contributed by atoms with van der Waals surface area (Å²) in [5, 5.41) is 1.27. The molecule has 0 saturated carbocycles. The zero-order chi connectivity index (χ0) is 9.52. The van der Waals surface area contributed by atoms with E-state index in [9.17, 15) is 4.79 Å². The van der Waals surface area contributed by atoms with Crippen molar-refractivity contribution >= 4 is 6.41 Å². The fourth-order valence-electron chi connectivity index (χ4n) is 0.928. The van der Waals surface area contributed by atoms with Crippen molar-refractivity contribution < 1.29 is 9.63 Å². The molecule has 70 valence electrons. The van der Waals surface area contributed by atoms with E-state index in [0.29, 0.717) is 19.6 Å². The molecule has 1 aromatic carbocycles. The third kappa shape index (κ3) is 3.25. The van der Waals surface area contributed by atoms with E-state index >= 15 is 0 Å². The first-order valence-corrected chi connectivity index (χ1v) is 4.25. The highest BCUT2D eigenvalue weighted by molar-refractivity contribution is 5.44. The van der Waals surface area contributed by atoms with Crippen LogP contribution in [0.2, 0.25) is 0 Å². The Morgan fingerprint density at radius 1 is 1.38 bits per heavy atom. The van der Waals surface area contributed by atoms with Gasteiger partial charge in [-0.1, -0.05) is 30.3 Å². The molecule has 13 heavy (non-hydrogen) atoms. The minimum Gasteiger partial charge on any atom is -0.276 e. The third-order valence-electron chi connectivity index (χ3n) is 1.67. The molecule has 0 atom stereocenters. The molecule has 0 aromatic heterocycles. The van der Waals surface area contributed by atoms with Gasteiger partial charge >= 0.3 is 0 Å². The maximum absolute atomic E-state index is 10.4. The van der Waals surface area contributed by atoms with E-state index < -0.39 is 0 Å². The quantitative estimate of drug-likeness (QED) is 0.507. The summed E-state index contributed by atoms with van der Waals surface area (Å²) in [5.41, 5.74) is 1.06. The molecule has 0 bridgehead atoms. The average Bonchev–Trinajstić information content (AvgIpc) is 2.21. The lowest BCUT2D eigenvalue weighted by Gasteiger charge is -2.13. The molecule has 0 aliphatic carbocycles. The summed E-state index contributed by atoms with van der Waals surface area (Å²) >= 11 is 0. The summed E-state index contributed by atoms with van der Waals surface area (Å²) in [6, 6.07) is 9.74. The van der Waals surface area contributed by atoms with E-state index in [2.05, 4.69) is 0 Å². The molecule has 0 aliphatic heterocycles. The Morgan fingerprint density at radius 3 is 2.62 bits per heavy atom. The number of hydrogen-bond donors (Lipinski definition) is 0. The first kappa shape index (κ1) is 9.74. The summed E-state index contributed by atoms with van der Waals surface area (Å²) in [4.78, 5) is 15.6. The molecule has 1 amide bonds. The minimum absolute atomic E-state index is 0.438. The van der Waals surface area contributed by atoms with Gasteiger partial charge < -0.3 is 0 Å². The molecule has 3 nitrogen and oxygen atoms in total. The lowest BCUT2D eigenvalue weighted by Crippen LogP contribution is -2.21. The fraction of sp³-hybridized carbons (Fsp3) is 0.300. The fourth-order valence-corrected chi connectivity index (χ4v) is 0.928. The van der Waals surface area contributed by atoms with Crippen LogP contribution in [0.5, 0.6) is 0 Å². The number of carbonyl (C=O) groups is 1. The Hall–Kier alpha value is -1.35. The van der Waals surface area contributed by atoms with Crippen LogP contribution in [0.3, 0.4) is 0 Å². The highest BCUT2D eigenvalue weighted by Gasteiger charge is 1.97. The second kappa shape index (κ2) is 5.32. The van der Waals surface area contributed by atoms with Crippen LogP contribution in [0.1, 0.15) is 12.5 Å². The average molecular weight is 179 g/mol. The summed E-state index contributed by atoms with van der Waals surface area (Å²) < 4.78 is 0. The van der Waals surface area contributed by atoms with E-state index in [1.54, 1.807) is 0 Å². The van der Waals surface area contributed by atoms with E-state index in [4.69, 9.17) is 4.84 Å². The largest absolute Gasteiger partial charge is 0.276 e. The normalized spacial score (nSPS) is 9.62. The summed E-state index contributed by atoms with van der Waals surface area (Å²) in [7, 11) is 0. The van der Waals surface area contributed by atoms with E-state index in [-0.39, 0.29) is 0 Å². The standard InChI is InChI=1S/C10H13NO2/c1-2-11(9-12)13-8-10-6-4-3-5-7-10/h3-7,9H,2,8H2,1H3. The molecular formula is C10H13NO2. The minimum atomic E-state index is 0.438. The molecule has 1 rings (SSSR count). The van der Waals surface area contributed by atoms with Crippen LogP contribution in [0, 0.1) is 0 Å². The van der Waals surface area contributed by atoms with E-state index in [1.807, 2.05) is 37.3 Å². The first-order chi connectivity index (χ1) is 6.36. The molecule has 3 heteroatoms. The zero-order valence-electron chi connectivity index (χ0n) is 7.64. The van der Waals surface area contributed by atoms with Crippen LogP contribution < -0.4 is 0 Å². The van der Waals surface area contributed by atoms with Gasteiger partial charge in [-0.25, -0.2) is 5.06 Å². The van der Waals surface area contributed by atoms with Crippen molar-refractivity contribution in [1.29, 1.82) is 0 Å². The number of benzene rings is 1. The molecule has 0 radical (unpaired) electrons. The molecule has 0 unspecified atom stereocenters. The summed E-state index contributed by atoms with van der Waals surface area (Å²) in [6.07, 6.45) is 0.683. The van der Waals surface area contributed by atoms with Crippen molar-refractivity contribution in [3.05, 3.63) is 35.9 Å². The van der Waals surface area contributed by atoms with Crippen molar-refractivity contribution in [1.82, 2.24) is 5.06 Å². The van der Waals surface area contributed by atoms with Crippen molar-refractivity contribution in [2.75, 3.05) is 6.54 Å². The number of rotatable bonds is 5. The van der Waals surface area contributed by atoms with Crippen molar-refractivity contribution in [3.63, 3.8) is 0 Å². The monoisotopic (exact) mass is 179 g/mol. The van der Waals surface area contributed by atoms with Crippen molar-refractivity contribution in [3.8, 4) is 0 Å². The van der Waals surface area contributed by atoms with Gasteiger partial charge in [0.15, 0.2) is 0 Å². The van der Waals surface area contributed by atoms with Gasteiger partial charge in [-0.05, 0) is 12.5 Å². The number of carbonyl (C=O) groups excluding carboxylic acids is 1. The number of hydroxylamine groups is 2. The van der Waals surface area contributed by atoms with E-state index in [0.717, 1.165) is 5.56 Å². The molecule has 0 heterocycles. The molecule has 1 aromatic rings. The molecule has 0 aliphatic rings. The third-order valence-corrected chi connectivity index (χ3v) is 1.67. The Kier molecular flexibility index (Phi) is 3.99. The van der Waals surface area contributed by atoms with Crippen LogP contribution in [0.25, 0.3) is 0 Å². The van der Waals surface area contributed by atoms with Gasteiger partial charge in [-0.15, -0.1) is 0 Å². The van der Waals surface area contributed by atoms with Gasteiger partial charge in [0.2, 0.25) is 6.41 Å². The lowest BCUT2D eigenvalue weighted by molar-refractivity contribution is -0.175. The van der Waals surface area contributed by atoms with Gasteiger partial charge in [0, 0.05) is 6.54 Å². The van der Waals surface area contributed by atoms with Crippen LogP contribution >= 0.6 is 0 Å². The molecule has 0 saturated heterocycles. The number of hydrogen-bond acceptors (Lipinski definition) is 2. The zero-order valence-corrected chi connectivity index (χ0v) is 7.64. The molecule has 0 N–H and O–H groups in total. The van der Waals surface area contributed by atoms with Crippen molar-refractivity contribution in [2.24, 2.45) is 0 Å². The highest BCUT2D eigenvalue weighted by Crippen LogP contribution is 2.01. The van der Waals surface area contributed by atoms with Crippen LogP contribution in [0.4, 0.5) is 0 Å². The Morgan fingerprint density at radius 2 is 2.08 bits per heavy atom. The lowest BCUT2D eigenvalue weighted by atomic mass is 10.2. The summed E-state index contributed by atoms with van der Waals surface area (Å²) in [5.74, 6) is 0.